The van der Waals surface area contributed by atoms with Crippen LogP contribution in [0.1, 0.15) is 22.8 Å². The molecular formula is C21H20N4O2. The Hall–Kier alpha value is -3.41. The number of nitrogens with one attached hydrogen (secondary N) is 1. The lowest BCUT2D eigenvalue weighted by atomic mass is 10.1. The summed E-state index contributed by atoms with van der Waals surface area (Å²) >= 11 is 0. The number of nitrogens with zero attached hydrogens (tertiary/aromatic N) is 3. The van der Waals surface area contributed by atoms with Crippen LogP contribution in [0.5, 0.6) is 5.75 Å². The van der Waals surface area contributed by atoms with Gasteiger partial charge in [-0.3, -0.25) is 4.79 Å². The van der Waals surface area contributed by atoms with E-state index < -0.39 is 0 Å². The lowest BCUT2D eigenvalue weighted by molar-refractivity contribution is 0.0981. The van der Waals surface area contributed by atoms with E-state index in [1.165, 1.54) is 5.56 Å². The van der Waals surface area contributed by atoms with Crippen molar-refractivity contribution in [3.63, 3.8) is 0 Å². The maximum atomic E-state index is 13.0. The highest BCUT2D eigenvalue weighted by Crippen LogP contribution is 2.33. The van der Waals surface area contributed by atoms with Crippen LogP contribution in [0.2, 0.25) is 0 Å². The van der Waals surface area contributed by atoms with Crippen molar-refractivity contribution in [2.45, 2.75) is 19.4 Å². The molecule has 0 fully saturated rings. The van der Waals surface area contributed by atoms with Gasteiger partial charge in [-0.15, -0.1) is 0 Å². The maximum Gasteiger partial charge on any atom is 0.261 e. The number of anilines is 3. The van der Waals surface area contributed by atoms with Gasteiger partial charge in [0, 0.05) is 24.1 Å². The molecule has 0 bridgehead atoms. The number of hydrogen-bond donors (Lipinski definition) is 1. The van der Waals surface area contributed by atoms with Crippen molar-refractivity contribution in [2.75, 3.05) is 17.3 Å². The van der Waals surface area contributed by atoms with Gasteiger partial charge < -0.3 is 15.0 Å². The van der Waals surface area contributed by atoms with E-state index in [0.29, 0.717) is 17.3 Å². The van der Waals surface area contributed by atoms with E-state index >= 15 is 0 Å². The van der Waals surface area contributed by atoms with Gasteiger partial charge in [0.2, 0.25) is 5.95 Å². The summed E-state index contributed by atoms with van der Waals surface area (Å²) in [5.74, 6) is 1.02. The minimum absolute atomic E-state index is 0.0868. The van der Waals surface area contributed by atoms with E-state index in [1.807, 2.05) is 47.4 Å². The highest BCUT2D eigenvalue weighted by Gasteiger charge is 2.31. The number of benzene rings is 2. The number of amides is 1. The first-order valence-corrected chi connectivity index (χ1v) is 8.81. The summed E-state index contributed by atoms with van der Waals surface area (Å²) in [6.07, 6.45) is 3.97. The van der Waals surface area contributed by atoms with Crippen LogP contribution in [0.4, 0.5) is 17.3 Å². The van der Waals surface area contributed by atoms with Crippen LogP contribution in [0.25, 0.3) is 0 Å². The van der Waals surface area contributed by atoms with E-state index in [4.69, 9.17) is 4.74 Å². The maximum absolute atomic E-state index is 13.0. The van der Waals surface area contributed by atoms with Crippen molar-refractivity contribution in [1.29, 1.82) is 0 Å². The predicted molar refractivity (Wildman–Crippen MR) is 105 cm³/mol. The third-order valence-corrected chi connectivity index (χ3v) is 4.68. The van der Waals surface area contributed by atoms with Gasteiger partial charge in [0.05, 0.1) is 18.4 Å². The molecule has 0 saturated carbocycles. The Bertz CT molecular complexity index is 972. The molecule has 6 nitrogen and oxygen atoms in total. The molecule has 1 unspecified atom stereocenters. The molecule has 1 atom stereocenters. The van der Waals surface area contributed by atoms with E-state index in [-0.39, 0.29) is 11.9 Å². The molecule has 1 amide bonds. The van der Waals surface area contributed by atoms with E-state index in [1.54, 1.807) is 19.5 Å². The molecule has 1 aliphatic rings. The largest absolute Gasteiger partial charge is 0.495 e. The number of rotatable bonds is 4. The van der Waals surface area contributed by atoms with Crippen LogP contribution < -0.4 is 15.0 Å². The third kappa shape index (κ3) is 3.21. The van der Waals surface area contributed by atoms with Crippen LogP contribution in [-0.4, -0.2) is 29.0 Å². The first-order valence-electron chi connectivity index (χ1n) is 8.81. The number of fused-ring (bicyclic) bond motifs is 1. The van der Waals surface area contributed by atoms with Crippen molar-refractivity contribution in [2.24, 2.45) is 0 Å². The molecule has 27 heavy (non-hydrogen) atoms. The average Bonchev–Trinajstić information content (AvgIpc) is 3.04. The molecule has 136 valence electrons. The highest BCUT2D eigenvalue weighted by atomic mass is 16.5. The molecule has 1 aliphatic heterocycles. The topological polar surface area (TPSA) is 67.3 Å². The summed E-state index contributed by atoms with van der Waals surface area (Å²) in [7, 11) is 1.61. The number of ether oxygens (including phenoxy) is 1. The molecule has 1 aromatic heterocycles. The van der Waals surface area contributed by atoms with Crippen molar-refractivity contribution >= 4 is 23.2 Å². The molecule has 6 heteroatoms. The Kier molecular flexibility index (Phi) is 4.46. The molecule has 1 N–H and O–H groups in total. The summed E-state index contributed by atoms with van der Waals surface area (Å²) in [5.41, 5.74) is 3.38. The van der Waals surface area contributed by atoms with Gasteiger partial charge in [-0.25, -0.2) is 9.97 Å². The Morgan fingerprint density at radius 2 is 1.81 bits per heavy atom. The van der Waals surface area contributed by atoms with Gasteiger partial charge in [0.15, 0.2) is 0 Å². The zero-order chi connectivity index (χ0) is 18.8. The lowest BCUT2D eigenvalue weighted by Gasteiger charge is -2.22. The Labute approximate surface area is 157 Å². The van der Waals surface area contributed by atoms with Crippen molar-refractivity contribution in [3.05, 3.63) is 72.1 Å². The molecule has 0 spiro atoms. The van der Waals surface area contributed by atoms with E-state index in [2.05, 4.69) is 28.3 Å². The Morgan fingerprint density at radius 1 is 1.11 bits per heavy atom. The van der Waals surface area contributed by atoms with Crippen LogP contribution in [-0.2, 0) is 6.42 Å². The Morgan fingerprint density at radius 3 is 2.59 bits per heavy atom. The SMILES string of the molecule is COc1ccccc1Nc1ncc(C(=O)N2c3ccccc3CC2C)cn1. The fourth-order valence-electron chi connectivity index (χ4n) is 3.39. The molecular weight excluding hydrogens is 340 g/mol. The number of carbonyl (C=O) groups excluding carboxylic acids is 1. The van der Waals surface area contributed by atoms with Crippen molar-refractivity contribution < 1.29 is 9.53 Å². The number of para-hydroxylation sites is 3. The van der Waals surface area contributed by atoms with Crippen LogP contribution in [0.15, 0.2) is 60.9 Å². The number of aromatic nitrogens is 2. The van der Waals surface area contributed by atoms with Gasteiger partial charge in [-0.1, -0.05) is 30.3 Å². The summed E-state index contributed by atoms with van der Waals surface area (Å²) in [6, 6.07) is 15.6. The molecule has 2 heterocycles. The second-order valence-electron chi connectivity index (χ2n) is 6.48. The molecule has 0 aliphatic carbocycles. The first-order chi connectivity index (χ1) is 13.2. The number of carbonyl (C=O) groups is 1. The fraction of sp³-hybridized carbons (Fsp3) is 0.190. The van der Waals surface area contributed by atoms with Crippen molar-refractivity contribution in [1.82, 2.24) is 9.97 Å². The van der Waals surface area contributed by atoms with E-state index in [9.17, 15) is 4.79 Å². The monoisotopic (exact) mass is 360 g/mol. The standard InChI is InChI=1S/C21H20N4O2/c1-14-11-15-7-3-5-9-18(15)25(14)20(26)16-12-22-21(23-13-16)24-17-8-4-6-10-19(17)27-2/h3-10,12-14H,11H2,1-2H3,(H,22,23,24). The van der Waals surface area contributed by atoms with Gasteiger partial charge >= 0.3 is 0 Å². The van der Waals surface area contributed by atoms with Crippen LogP contribution >= 0.6 is 0 Å². The van der Waals surface area contributed by atoms with Gasteiger partial charge in [-0.05, 0) is 37.1 Å². The predicted octanol–water partition coefficient (Wildman–Crippen LogP) is 3.82. The minimum atomic E-state index is -0.0868. The first kappa shape index (κ1) is 17.0. The van der Waals surface area contributed by atoms with E-state index in [0.717, 1.165) is 17.8 Å². The normalized spacial score (nSPS) is 15.3. The lowest BCUT2D eigenvalue weighted by Crippen LogP contribution is -2.35. The van der Waals surface area contributed by atoms with Gasteiger partial charge in [0.1, 0.15) is 5.75 Å². The van der Waals surface area contributed by atoms with Crippen LogP contribution in [0, 0.1) is 0 Å². The van der Waals surface area contributed by atoms with Crippen LogP contribution in [0.3, 0.4) is 0 Å². The number of hydrogen-bond acceptors (Lipinski definition) is 5. The smallest absolute Gasteiger partial charge is 0.261 e. The summed E-state index contributed by atoms with van der Waals surface area (Å²) in [4.78, 5) is 23.4. The van der Waals surface area contributed by atoms with Gasteiger partial charge in [0.25, 0.3) is 5.91 Å². The average molecular weight is 360 g/mol. The zero-order valence-corrected chi connectivity index (χ0v) is 15.2. The number of methoxy groups -OCH3 is 1. The Balaban J connectivity index is 1.55. The summed E-state index contributed by atoms with van der Waals surface area (Å²) in [6.45, 7) is 2.05. The molecule has 2 aromatic carbocycles. The zero-order valence-electron chi connectivity index (χ0n) is 15.2. The second kappa shape index (κ2) is 7.07. The third-order valence-electron chi connectivity index (χ3n) is 4.68. The summed E-state index contributed by atoms with van der Waals surface area (Å²) < 4.78 is 5.31. The second-order valence-corrected chi connectivity index (χ2v) is 6.48. The quantitative estimate of drug-likeness (QED) is 0.766. The minimum Gasteiger partial charge on any atom is -0.495 e. The molecule has 0 radical (unpaired) electrons. The summed E-state index contributed by atoms with van der Waals surface area (Å²) in [5, 5.41) is 3.11. The van der Waals surface area contributed by atoms with Gasteiger partial charge in [-0.2, -0.15) is 0 Å². The molecule has 0 saturated heterocycles. The van der Waals surface area contributed by atoms with Crippen molar-refractivity contribution in [3.8, 4) is 5.75 Å². The molecule has 3 aromatic rings. The molecule has 4 rings (SSSR count). The fourth-order valence-corrected chi connectivity index (χ4v) is 3.39. The highest BCUT2D eigenvalue weighted by molar-refractivity contribution is 6.07.